The zero-order chi connectivity index (χ0) is 23.2. The number of rotatable bonds is 5. The number of benzene rings is 2. The highest BCUT2D eigenvalue weighted by Gasteiger charge is 2.51. The molecule has 2 aromatic rings. The molecule has 1 heterocycles. The molecule has 1 aliphatic heterocycles. The van der Waals surface area contributed by atoms with E-state index >= 15 is 0 Å². The van der Waals surface area contributed by atoms with Crippen LogP contribution in [0, 0.1) is 5.41 Å². The van der Waals surface area contributed by atoms with Crippen molar-refractivity contribution in [3.8, 4) is 39.9 Å². The van der Waals surface area contributed by atoms with Crippen LogP contribution in [0.1, 0.15) is 22.3 Å². The first-order valence-electron chi connectivity index (χ1n) is 9.53. The van der Waals surface area contributed by atoms with Gasteiger partial charge in [0.05, 0.1) is 21.3 Å². The lowest BCUT2D eigenvalue weighted by molar-refractivity contribution is -0.164. The van der Waals surface area contributed by atoms with Gasteiger partial charge in [0.15, 0.2) is 34.2 Å². The first-order valence-corrected chi connectivity index (χ1v) is 9.53. The predicted molar refractivity (Wildman–Crippen MR) is 108 cm³/mol. The summed E-state index contributed by atoms with van der Waals surface area (Å²) in [7, 11) is 4.18. The van der Waals surface area contributed by atoms with Gasteiger partial charge in [-0.3, -0.25) is 14.4 Å². The third-order valence-corrected chi connectivity index (χ3v) is 5.77. The van der Waals surface area contributed by atoms with Crippen LogP contribution in [0.25, 0.3) is 11.1 Å². The van der Waals surface area contributed by atoms with E-state index in [0.717, 1.165) is 0 Å². The molecule has 10 heteroatoms. The van der Waals surface area contributed by atoms with Crippen LogP contribution in [0.3, 0.4) is 0 Å². The molecule has 0 amide bonds. The minimum Gasteiger partial charge on any atom is -0.493 e. The first-order chi connectivity index (χ1) is 15.3. The summed E-state index contributed by atoms with van der Waals surface area (Å²) in [6, 6.07) is 4.53. The maximum absolute atomic E-state index is 13.2. The summed E-state index contributed by atoms with van der Waals surface area (Å²) >= 11 is 0. The van der Waals surface area contributed by atoms with Crippen molar-refractivity contribution in [3.05, 3.63) is 29.3 Å². The molecule has 2 aromatic carbocycles. The van der Waals surface area contributed by atoms with Crippen molar-refractivity contribution in [1.29, 1.82) is 0 Å². The molecule has 1 aliphatic carbocycles. The van der Waals surface area contributed by atoms with E-state index in [9.17, 15) is 24.6 Å². The first kappa shape index (κ1) is 21.3. The summed E-state index contributed by atoms with van der Waals surface area (Å²) < 4.78 is 27.3. The van der Waals surface area contributed by atoms with Crippen molar-refractivity contribution in [3.63, 3.8) is 0 Å². The minimum absolute atomic E-state index is 0.0451. The number of carbonyl (C=O) groups is 3. The molecule has 0 unspecified atom stereocenters. The Morgan fingerprint density at radius 3 is 2.00 bits per heavy atom. The highest BCUT2D eigenvalue weighted by Crippen LogP contribution is 2.52. The van der Waals surface area contributed by atoms with Crippen molar-refractivity contribution in [1.82, 2.24) is 0 Å². The molecule has 0 spiro atoms. The van der Waals surface area contributed by atoms with Crippen LogP contribution < -0.4 is 23.7 Å². The second kappa shape index (κ2) is 7.63. The SMILES string of the molecule is COc1cc2c(c(OC)c1OC)-c1cc3c(cc1C(=O)CC(C(=O)O)(C(=O)O)C2)OCO3. The topological polar surface area (TPSA) is 138 Å². The Labute approximate surface area is 182 Å². The van der Waals surface area contributed by atoms with Crippen LogP contribution in [-0.2, 0) is 16.0 Å². The van der Waals surface area contributed by atoms with Gasteiger partial charge in [-0.2, -0.15) is 0 Å². The second-order valence-corrected chi connectivity index (χ2v) is 7.40. The molecule has 2 N–H and O–H groups in total. The summed E-state index contributed by atoms with van der Waals surface area (Å²) in [5.41, 5.74) is -1.30. The molecule has 10 nitrogen and oxygen atoms in total. The third-order valence-electron chi connectivity index (χ3n) is 5.77. The van der Waals surface area contributed by atoms with Gasteiger partial charge in [0, 0.05) is 29.5 Å². The van der Waals surface area contributed by atoms with Crippen LogP contribution in [0.15, 0.2) is 18.2 Å². The molecule has 0 fully saturated rings. The van der Waals surface area contributed by atoms with Gasteiger partial charge in [0.1, 0.15) is 0 Å². The normalized spacial score (nSPS) is 15.7. The maximum atomic E-state index is 13.2. The summed E-state index contributed by atoms with van der Waals surface area (Å²) in [5, 5.41) is 19.8. The Morgan fingerprint density at radius 2 is 1.47 bits per heavy atom. The molecule has 0 saturated heterocycles. The van der Waals surface area contributed by atoms with Crippen molar-refractivity contribution >= 4 is 17.7 Å². The number of ketones is 1. The van der Waals surface area contributed by atoms with Gasteiger partial charge in [-0.1, -0.05) is 0 Å². The van der Waals surface area contributed by atoms with E-state index < -0.39 is 36.0 Å². The number of hydrogen-bond acceptors (Lipinski definition) is 8. The smallest absolute Gasteiger partial charge is 0.321 e. The summed E-state index contributed by atoms with van der Waals surface area (Å²) in [6.07, 6.45) is -1.23. The van der Waals surface area contributed by atoms with E-state index in [0.29, 0.717) is 28.2 Å². The van der Waals surface area contributed by atoms with E-state index in [2.05, 4.69) is 0 Å². The van der Waals surface area contributed by atoms with Gasteiger partial charge < -0.3 is 33.9 Å². The second-order valence-electron chi connectivity index (χ2n) is 7.40. The Kier molecular flexibility index (Phi) is 5.08. The fourth-order valence-corrected chi connectivity index (χ4v) is 4.17. The molecule has 0 radical (unpaired) electrons. The standard InChI is InChI=1S/C22H20O10/c1-28-16-4-10-7-22(20(24)25,21(26)27)8-13(23)11-5-14-15(32-9-31-14)6-12(11)17(10)19(30-3)18(16)29-2/h4-6H,7-9H2,1-3H3,(H,24,25)(H,26,27). The number of aliphatic carboxylic acids is 2. The molecule has 0 atom stereocenters. The third kappa shape index (κ3) is 2.98. The van der Waals surface area contributed by atoms with Crippen molar-refractivity contribution in [2.45, 2.75) is 12.8 Å². The van der Waals surface area contributed by atoms with E-state index in [1.54, 1.807) is 6.07 Å². The van der Waals surface area contributed by atoms with Crippen LogP contribution >= 0.6 is 0 Å². The average molecular weight is 444 g/mol. The van der Waals surface area contributed by atoms with Gasteiger partial charge in [0.25, 0.3) is 0 Å². The fourth-order valence-electron chi connectivity index (χ4n) is 4.17. The van der Waals surface area contributed by atoms with E-state index in [1.807, 2.05) is 0 Å². The van der Waals surface area contributed by atoms with Gasteiger partial charge >= 0.3 is 11.9 Å². The van der Waals surface area contributed by atoms with Gasteiger partial charge in [-0.15, -0.1) is 0 Å². The molecule has 0 saturated carbocycles. The Hall–Kier alpha value is -3.95. The van der Waals surface area contributed by atoms with Crippen LogP contribution in [-0.4, -0.2) is 56.1 Å². The van der Waals surface area contributed by atoms with Crippen molar-refractivity contribution < 1.29 is 48.3 Å². The molecular formula is C22H20O10. The molecule has 32 heavy (non-hydrogen) atoms. The minimum atomic E-state index is -2.40. The van der Waals surface area contributed by atoms with E-state index in [4.69, 9.17) is 23.7 Å². The molecular weight excluding hydrogens is 424 g/mol. The largest absolute Gasteiger partial charge is 0.493 e. The highest BCUT2D eigenvalue weighted by atomic mass is 16.7. The van der Waals surface area contributed by atoms with E-state index in [1.165, 1.54) is 33.5 Å². The van der Waals surface area contributed by atoms with Gasteiger partial charge in [-0.05, 0) is 23.8 Å². The van der Waals surface area contributed by atoms with Crippen molar-refractivity contribution in [2.75, 3.05) is 28.1 Å². The Morgan fingerprint density at radius 1 is 0.875 bits per heavy atom. The molecule has 0 bridgehead atoms. The maximum Gasteiger partial charge on any atom is 0.321 e. The number of methoxy groups -OCH3 is 3. The number of carbonyl (C=O) groups excluding carboxylic acids is 1. The number of carboxylic acid groups (broad SMARTS) is 2. The summed E-state index contributed by atoms with van der Waals surface area (Å²) in [4.78, 5) is 37.7. The molecule has 4 rings (SSSR count). The average Bonchev–Trinajstić information content (AvgIpc) is 3.22. The number of Topliss-reactive ketones (excluding diaryl/α,β-unsaturated/α-hetero) is 1. The lowest BCUT2D eigenvalue weighted by atomic mass is 9.72. The van der Waals surface area contributed by atoms with Crippen LogP contribution in [0.5, 0.6) is 28.7 Å². The lowest BCUT2D eigenvalue weighted by Gasteiger charge is -2.30. The van der Waals surface area contributed by atoms with Crippen LogP contribution in [0.2, 0.25) is 0 Å². The number of hydrogen-bond donors (Lipinski definition) is 2. The molecule has 168 valence electrons. The zero-order valence-corrected chi connectivity index (χ0v) is 17.5. The number of fused-ring (bicyclic) bond motifs is 4. The highest BCUT2D eigenvalue weighted by molar-refractivity contribution is 6.11. The van der Waals surface area contributed by atoms with Gasteiger partial charge in [-0.25, -0.2) is 0 Å². The number of carboxylic acids is 2. The fraction of sp³-hybridized carbons (Fsp3) is 0.318. The number of ether oxygens (including phenoxy) is 5. The zero-order valence-electron chi connectivity index (χ0n) is 17.5. The molecule has 0 aromatic heterocycles. The predicted octanol–water partition coefficient (Wildman–Crippen LogP) is 2.39. The summed E-state index contributed by atoms with van der Waals surface area (Å²) in [5.74, 6) is -2.61. The van der Waals surface area contributed by atoms with E-state index in [-0.39, 0.29) is 29.6 Å². The van der Waals surface area contributed by atoms with Crippen molar-refractivity contribution in [2.24, 2.45) is 5.41 Å². The molecule has 2 aliphatic rings. The monoisotopic (exact) mass is 444 g/mol. The summed E-state index contributed by atoms with van der Waals surface area (Å²) in [6.45, 7) is -0.0451. The van der Waals surface area contributed by atoms with Crippen LogP contribution in [0.4, 0.5) is 0 Å². The van der Waals surface area contributed by atoms with Gasteiger partial charge in [0.2, 0.25) is 12.5 Å². The Bertz CT molecular complexity index is 1140. The Balaban J connectivity index is 2.14. The quantitative estimate of drug-likeness (QED) is 0.661. The lowest BCUT2D eigenvalue weighted by Crippen LogP contribution is -2.44.